The Labute approximate surface area is 225 Å². The minimum absolute atomic E-state index is 0.00572. The molecule has 2 aromatic carbocycles. The van der Waals surface area contributed by atoms with Gasteiger partial charge in [0, 0.05) is 29.5 Å². The number of carbonyl (C=O) groups excluding carboxylic acids is 2. The summed E-state index contributed by atoms with van der Waals surface area (Å²) in [6, 6.07) is 8.95. The average molecular weight is 565 g/mol. The fourth-order valence-electron chi connectivity index (χ4n) is 4.98. The number of β-amino-alcohol motifs (C(OH)–C–C–N with tert-alkyl or cyclic N) is 1. The van der Waals surface area contributed by atoms with Crippen LogP contribution >= 0.6 is 23.4 Å². The number of nitrogens with zero attached hydrogens (tertiary/aromatic N) is 4. The van der Waals surface area contributed by atoms with E-state index in [0.29, 0.717) is 34.5 Å². The van der Waals surface area contributed by atoms with Crippen molar-refractivity contribution in [3.63, 3.8) is 0 Å². The number of likely N-dealkylation sites (tertiary alicyclic amines) is 1. The topological polar surface area (TPSA) is 78.7 Å². The molecule has 2 aliphatic heterocycles. The summed E-state index contributed by atoms with van der Waals surface area (Å²) in [6.07, 6.45) is 0.469. The van der Waals surface area contributed by atoms with Gasteiger partial charge in [0.15, 0.2) is 0 Å². The first kappa shape index (κ1) is 26.7. The van der Waals surface area contributed by atoms with Crippen LogP contribution < -0.4 is 0 Å². The van der Waals surface area contributed by atoms with Crippen molar-refractivity contribution in [3.05, 3.63) is 69.2 Å². The van der Waals surface area contributed by atoms with Crippen molar-refractivity contribution in [3.8, 4) is 0 Å². The van der Waals surface area contributed by atoms with Gasteiger partial charge in [-0.15, -0.1) is 0 Å². The number of carbonyl (C=O) groups is 2. The van der Waals surface area contributed by atoms with E-state index >= 15 is 0 Å². The number of benzene rings is 2. The molecule has 3 aromatic rings. The molecule has 200 valence electrons. The number of imide groups is 1. The number of halogens is 4. The molecule has 3 heterocycles. The minimum atomic E-state index is -4.55. The van der Waals surface area contributed by atoms with E-state index in [1.807, 2.05) is 0 Å². The molecule has 0 saturated carbocycles. The predicted molar refractivity (Wildman–Crippen MR) is 140 cm³/mol. The highest BCUT2D eigenvalue weighted by Gasteiger charge is 2.38. The maximum Gasteiger partial charge on any atom is 0.416 e. The molecule has 0 unspecified atom stereocenters. The third-order valence-corrected chi connectivity index (χ3v) is 7.96. The molecule has 0 radical (unpaired) electrons. The smallest absolute Gasteiger partial charge is 0.395 e. The second-order valence-corrected chi connectivity index (χ2v) is 10.7. The van der Waals surface area contributed by atoms with Crippen LogP contribution in [-0.2, 0) is 17.5 Å². The first-order valence-electron chi connectivity index (χ1n) is 12.1. The molecular weight excluding hydrogens is 541 g/mol. The van der Waals surface area contributed by atoms with Crippen LogP contribution in [0.3, 0.4) is 0 Å². The molecule has 38 heavy (non-hydrogen) atoms. The molecule has 0 aliphatic carbocycles. The zero-order valence-electron chi connectivity index (χ0n) is 20.1. The molecule has 5 rings (SSSR count). The van der Waals surface area contributed by atoms with Gasteiger partial charge in [-0.05, 0) is 72.6 Å². The highest BCUT2D eigenvalue weighted by Crippen LogP contribution is 2.36. The largest absolute Gasteiger partial charge is 0.416 e. The van der Waals surface area contributed by atoms with Crippen molar-refractivity contribution in [2.45, 2.75) is 31.6 Å². The maximum absolute atomic E-state index is 13.5. The fraction of sp³-hybridized carbons (Fsp3) is 0.346. The Morgan fingerprint density at radius 2 is 2.00 bits per heavy atom. The van der Waals surface area contributed by atoms with E-state index in [0.717, 1.165) is 37.2 Å². The number of aliphatic hydroxyl groups excluding tert-OH is 1. The van der Waals surface area contributed by atoms with Gasteiger partial charge in [-0.3, -0.25) is 24.1 Å². The number of alkyl halides is 3. The Balaban J connectivity index is 1.34. The van der Waals surface area contributed by atoms with Crippen LogP contribution in [0.15, 0.2) is 47.5 Å². The SMILES string of the molecule is O=C1SC(=Cc2ccc3c(cnn3Cc3ccc(Cl)cc3C(F)(F)F)c2)C(=O)N1C[C@@H]1CCCN1CCO. The normalized spacial score (nSPS) is 20.0. The maximum atomic E-state index is 13.5. The lowest BCUT2D eigenvalue weighted by molar-refractivity contribution is -0.138. The molecular formula is C26H24ClF3N4O3S. The van der Waals surface area contributed by atoms with E-state index in [1.165, 1.54) is 21.7 Å². The molecule has 2 fully saturated rings. The summed E-state index contributed by atoms with van der Waals surface area (Å²) in [6.45, 7) is 1.57. The van der Waals surface area contributed by atoms with E-state index in [2.05, 4.69) is 10.00 Å². The van der Waals surface area contributed by atoms with Crippen molar-refractivity contribution in [2.75, 3.05) is 26.2 Å². The molecule has 1 aromatic heterocycles. The van der Waals surface area contributed by atoms with Crippen molar-refractivity contribution in [1.82, 2.24) is 19.6 Å². The zero-order chi connectivity index (χ0) is 27.0. The highest BCUT2D eigenvalue weighted by atomic mass is 35.5. The van der Waals surface area contributed by atoms with E-state index in [-0.39, 0.29) is 40.9 Å². The summed E-state index contributed by atoms with van der Waals surface area (Å²) in [4.78, 5) is 29.3. The fourth-order valence-corrected chi connectivity index (χ4v) is 6.00. The quantitative estimate of drug-likeness (QED) is 0.395. The lowest BCUT2D eigenvalue weighted by atomic mass is 10.1. The lowest BCUT2D eigenvalue weighted by Gasteiger charge is -2.26. The van der Waals surface area contributed by atoms with Crippen LogP contribution in [0.4, 0.5) is 18.0 Å². The summed E-state index contributed by atoms with van der Waals surface area (Å²) in [5.74, 6) is -0.353. The summed E-state index contributed by atoms with van der Waals surface area (Å²) in [7, 11) is 0. The van der Waals surface area contributed by atoms with E-state index in [1.54, 1.807) is 30.5 Å². The number of thioether (sulfide) groups is 1. The van der Waals surface area contributed by atoms with Gasteiger partial charge in [-0.1, -0.05) is 23.7 Å². The van der Waals surface area contributed by atoms with Gasteiger partial charge in [0.1, 0.15) is 0 Å². The number of hydrogen-bond acceptors (Lipinski definition) is 6. The molecule has 0 spiro atoms. The summed E-state index contributed by atoms with van der Waals surface area (Å²) in [5, 5.41) is 13.9. The van der Waals surface area contributed by atoms with Gasteiger partial charge in [0.25, 0.3) is 11.1 Å². The summed E-state index contributed by atoms with van der Waals surface area (Å²) >= 11 is 6.67. The monoisotopic (exact) mass is 564 g/mol. The van der Waals surface area contributed by atoms with Crippen molar-refractivity contribution in [2.24, 2.45) is 0 Å². The van der Waals surface area contributed by atoms with Crippen LogP contribution in [0.5, 0.6) is 0 Å². The number of amides is 2. The second kappa shape index (κ2) is 10.7. The molecule has 12 heteroatoms. The lowest BCUT2D eigenvalue weighted by Crippen LogP contribution is -2.43. The van der Waals surface area contributed by atoms with Crippen LogP contribution in [0.25, 0.3) is 17.0 Å². The van der Waals surface area contributed by atoms with Crippen molar-refractivity contribution < 1.29 is 27.9 Å². The minimum Gasteiger partial charge on any atom is -0.395 e. The van der Waals surface area contributed by atoms with E-state index in [4.69, 9.17) is 11.6 Å². The van der Waals surface area contributed by atoms with Crippen LogP contribution in [0.2, 0.25) is 5.02 Å². The predicted octanol–water partition coefficient (Wildman–Crippen LogP) is 5.25. The third kappa shape index (κ3) is 5.47. The highest BCUT2D eigenvalue weighted by molar-refractivity contribution is 8.18. The molecule has 7 nitrogen and oxygen atoms in total. The van der Waals surface area contributed by atoms with Gasteiger partial charge >= 0.3 is 6.18 Å². The molecule has 2 amide bonds. The van der Waals surface area contributed by atoms with Crippen molar-refractivity contribution in [1.29, 1.82) is 0 Å². The van der Waals surface area contributed by atoms with Gasteiger partial charge < -0.3 is 5.11 Å². The first-order valence-corrected chi connectivity index (χ1v) is 13.2. The molecule has 1 atom stereocenters. The van der Waals surface area contributed by atoms with Gasteiger partial charge in [0.05, 0.1) is 35.3 Å². The Kier molecular flexibility index (Phi) is 7.54. The van der Waals surface area contributed by atoms with E-state index in [9.17, 15) is 27.9 Å². The van der Waals surface area contributed by atoms with Crippen LogP contribution in [-0.4, -0.2) is 68.1 Å². The second-order valence-electron chi connectivity index (χ2n) is 9.27. The summed E-state index contributed by atoms with van der Waals surface area (Å²) < 4.78 is 42.0. The number of fused-ring (bicyclic) bond motifs is 1. The van der Waals surface area contributed by atoms with E-state index < -0.39 is 11.7 Å². The zero-order valence-corrected chi connectivity index (χ0v) is 21.7. The van der Waals surface area contributed by atoms with Crippen molar-refractivity contribution >= 4 is 51.5 Å². The third-order valence-electron chi connectivity index (χ3n) is 6.81. The molecule has 0 bridgehead atoms. The Morgan fingerprint density at radius 3 is 2.76 bits per heavy atom. The molecule has 2 aliphatic rings. The van der Waals surface area contributed by atoms with Crippen LogP contribution in [0.1, 0.15) is 29.5 Å². The Morgan fingerprint density at radius 1 is 1.18 bits per heavy atom. The number of aromatic nitrogens is 2. The first-order chi connectivity index (χ1) is 18.1. The summed E-state index contributed by atoms with van der Waals surface area (Å²) in [5.41, 5.74) is 0.541. The molecule has 1 N–H and O–H groups in total. The standard InChI is InChI=1S/C26H24ClF3N4O3S/c27-19-5-4-17(21(12-19)26(28,29)30)14-34-22-6-3-16(10-18(22)13-31-34)11-23-24(36)33(25(37)38-23)15-20-2-1-7-32(20)8-9-35/h3-6,10-13,20,35H,1-2,7-9,14-15H2/t20-/m0/s1. The van der Waals surface area contributed by atoms with Gasteiger partial charge in [0.2, 0.25) is 0 Å². The van der Waals surface area contributed by atoms with Gasteiger partial charge in [-0.2, -0.15) is 18.3 Å². The Hall–Kier alpha value is -2.86. The average Bonchev–Trinajstić information content (AvgIpc) is 3.55. The number of aliphatic hydroxyl groups is 1. The Bertz CT molecular complexity index is 1420. The van der Waals surface area contributed by atoms with Crippen LogP contribution in [0, 0.1) is 0 Å². The number of hydrogen-bond donors (Lipinski definition) is 1. The van der Waals surface area contributed by atoms with Gasteiger partial charge in [-0.25, -0.2) is 0 Å². The molecule has 2 saturated heterocycles. The number of rotatable bonds is 7.